The van der Waals surface area contributed by atoms with Gasteiger partial charge in [0.05, 0.1) is 0 Å². The van der Waals surface area contributed by atoms with E-state index in [1.165, 1.54) is 57.8 Å². The second kappa shape index (κ2) is 5.69. The summed E-state index contributed by atoms with van der Waals surface area (Å²) in [6.07, 6.45) is 12.2. The van der Waals surface area contributed by atoms with Crippen molar-refractivity contribution in [2.24, 2.45) is 0 Å². The smallest absolute Gasteiger partial charge is 0.166 e. The van der Waals surface area contributed by atoms with E-state index in [9.17, 15) is 0 Å². The number of thiocarbonyl (C=S) groups is 1. The fraction of sp³-hybridized carbons (Fsp3) is 0.917. The molecule has 0 atom stereocenters. The third-order valence-corrected chi connectivity index (χ3v) is 3.59. The van der Waals surface area contributed by atoms with Gasteiger partial charge in [0, 0.05) is 12.1 Å². The second-order valence-corrected chi connectivity index (χ2v) is 5.34. The number of nitrogens with one attached hydrogen (secondary N) is 2. The molecule has 0 amide bonds. The van der Waals surface area contributed by atoms with Crippen molar-refractivity contribution in [2.45, 2.75) is 69.9 Å². The van der Waals surface area contributed by atoms with Crippen LogP contribution in [0.25, 0.3) is 0 Å². The standard InChI is InChI=1S/C12H22N2S/c15-12(14-11-8-9-11)13-10-6-4-2-1-3-5-7-10/h10-11H,1-9H2,(H2,13,14,15). The van der Waals surface area contributed by atoms with Gasteiger partial charge in [-0.1, -0.05) is 32.1 Å². The molecule has 15 heavy (non-hydrogen) atoms. The van der Waals surface area contributed by atoms with Crippen LogP contribution in [0.3, 0.4) is 0 Å². The average Bonchev–Trinajstić information content (AvgIpc) is 2.93. The zero-order valence-corrected chi connectivity index (χ0v) is 10.2. The Morgan fingerprint density at radius 3 is 1.73 bits per heavy atom. The third-order valence-electron chi connectivity index (χ3n) is 3.35. The minimum absolute atomic E-state index is 0.629. The molecular formula is C12H22N2S. The van der Waals surface area contributed by atoms with Gasteiger partial charge in [-0.3, -0.25) is 0 Å². The molecule has 2 saturated carbocycles. The summed E-state index contributed by atoms with van der Waals surface area (Å²) in [5, 5.41) is 7.73. The second-order valence-electron chi connectivity index (χ2n) is 4.93. The lowest BCUT2D eigenvalue weighted by molar-refractivity contribution is 0.427. The average molecular weight is 226 g/mol. The summed E-state index contributed by atoms with van der Waals surface area (Å²) in [7, 11) is 0. The van der Waals surface area contributed by atoms with Crippen molar-refractivity contribution in [3.8, 4) is 0 Å². The third kappa shape index (κ3) is 4.37. The monoisotopic (exact) mass is 226 g/mol. The lowest BCUT2D eigenvalue weighted by Gasteiger charge is -2.22. The van der Waals surface area contributed by atoms with Crippen LogP contribution in [0.2, 0.25) is 0 Å². The van der Waals surface area contributed by atoms with Gasteiger partial charge in [0.25, 0.3) is 0 Å². The molecule has 0 aromatic rings. The fourth-order valence-electron chi connectivity index (χ4n) is 2.24. The first-order valence-corrected chi connectivity index (χ1v) is 6.82. The van der Waals surface area contributed by atoms with Gasteiger partial charge in [-0.25, -0.2) is 0 Å². The van der Waals surface area contributed by atoms with E-state index >= 15 is 0 Å². The highest BCUT2D eigenvalue weighted by molar-refractivity contribution is 7.80. The first kappa shape index (κ1) is 11.2. The van der Waals surface area contributed by atoms with Gasteiger partial charge in [0.1, 0.15) is 0 Å². The summed E-state index contributed by atoms with van der Waals surface area (Å²) in [5.41, 5.74) is 0. The minimum atomic E-state index is 0.629. The molecule has 0 bridgehead atoms. The topological polar surface area (TPSA) is 24.1 Å². The Bertz CT molecular complexity index is 206. The lowest BCUT2D eigenvalue weighted by Crippen LogP contribution is -2.42. The van der Waals surface area contributed by atoms with E-state index in [-0.39, 0.29) is 0 Å². The van der Waals surface area contributed by atoms with E-state index in [0.29, 0.717) is 12.1 Å². The summed E-state index contributed by atoms with van der Waals surface area (Å²) in [4.78, 5) is 0. The van der Waals surface area contributed by atoms with Crippen molar-refractivity contribution >= 4 is 17.3 Å². The Morgan fingerprint density at radius 1 is 0.733 bits per heavy atom. The van der Waals surface area contributed by atoms with Crippen LogP contribution in [0.4, 0.5) is 0 Å². The van der Waals surface area contributed by atoms with E-state index in [4.69, 9.17) is 12.2 Å². The van der Waals surface area contributed by atoms with Crippen LogP contribution in [0, 0.1) is 0 Å². The predicted octanol–water partition coefficient (Wildman–Crippen LogP) is 2.73. The molecule has 0 aliphatic heterocycles. The SMILES string of the molecule is S=C(NC1CCCCCCC1)NC1CC1. The van der Waals surface area contributed by atoms with Crippen LogP contribution in [-0.4, -0.2) is 17.2 Å². The lowest BCUT2D eigenvalue weighted by atomic mass is 9.97. The van der Waals surface area contributed by atoms with Gasteiger partial charge >= 0.3 is 0 Å². The van der Waals surface area contributed by atoms with Gasteiger partial charge in [-0.15, -0.1) is 0 Å². The summed E-state index contributed by atoms with van der Waals surface area (Å²) >= 11 is 5.31. The van der Waals surface area contributed by atoms with Gasteiger partial charge < -0.3 is 10.6 Å². The number of rotatable bonds is 2. The summed E-state index contributed by atoms with van der Waals surface area (Å²) in [6, 6.07) is 1.31. The highest BCUT2D eigenvalue weighted by Crippen LogP contribution is 2.19. The molecule has 2 fully saturated rings. The van der Waals surface area contributed by atoms with Crippen molar-refractivity contribution in [3.63, 3.8) is 0 Å². The molecule has 3 heteroatoms. The number of hydrogen-bond donors (Lipinski definition) is 2. The first-order valence-electron chi connectivity index (χ1n) is 6.41. The Morgan fingerprint density at radius 2 is 1.20 bits per heavy atom. The van der Waals surface area contributed by atoms with Gasteiger partial charge in [0.15, 0.2) is 5.11 Å². The van der Waals surface area contributed by atoms with Crippen LogP contribution in [0.15, 0.2) is 0 Å². The van der Waals surface area contributed by atoms with Crippen molar-refractivity contribution in [2.75, 3.05) is 0 Å². The Balaban J connectivity index is 1.67. The molecule has 0 spiro atoms. The van der Waals surface area contributed by atoms with Gasteiger partial charge in [0.2, 0.25) is 0 Å². The molecule has 2 rings (SSSR count). The summed E-state index contributed by atoms with van der Waals surface area (Å²) in [5.74, 6) is 0. The molecule has 0 unspecified atom stereocenters. The van der Waals surface area contributed by atoms with Crippen LogP contribution in [0.1, 0.15) is 57.8 Å². The molecule has 0 aromatic carbocycles. The van der Waals surface area contributed by atoms with E-state index < -0.39 is 0 Å². The molecular weight excluding hydrogens is 204 g/mol. The van der Waals surface area contributed by atoms with E-state index in [1.807, 2.05) is 0 Å². The molecule has 2 aliphatic carbocycles. The molecule has 2 aliphatic rings. The van der Waals surface area contributed by atoms with E-state index in [1.54, 1.807) is 0 Å². The highest BCUT2D eigenvalue weighted by atomic mass is 32.1. The van der Waals surface area contributed by atoms with Crippen LogP contribution >= 0.6 is 12.2 Å². The molecule has 0 heterocycles. The maximum atomic E-state index is 5.31. The highest BCUT2D eigenvalue weighted by Gasteiger charge is 2.22. The molecule has 0 radical (unpaired) electrons. The van der Waals surface area contributed by atoms with Crippen molar-refractivity contribution in [3.05, 3.63) is 0 Å². The normalized spacial score (nSPS) is 24.0. The Hall–Kier alpha value is -0.310. The molecule has 2 nitrogen and oxygen atoms in total. The maximum absolute atomic E-state index is 5.31. The quantitative estimate of drug-likeness (QED) is 0.708. The van der Waals surface area contributed by atoms with Gasteiger partial charge in [-0.2, -0.15) is 0 Å². The molecule has 0 saturated heterocycles. The predicted molar refractivity (Wildman–Crippen MR) is 68.0 cm³/mol. The zero-order valence-electron chi connectivity index (χ0n) is 9.43. The van der Waals surface area contributed by atoms with Crippen LogP contribution in [-0.2, 0) is 0 Å². The molecule has 86 valence electrons. The maximum Gasteiger partial charge on any atom is 0.166 e. The molecule has 2 N–H and O–H groups in total. The summed E-state index contributed by atoms with van der Waals surface area (Å²) < 4.78 is 0. The van der Waals surface area contributed by atoms with Crippen LogP contribution < -0.4 is 10.6 Å². The zero-order chi connectivity index (χ0) is 10.5. The van der Waals surface area contributed by atoms with E-state index in [2.05, 4.69) is 10.6 Å². The summed E-state index contributed by atoms with van der Waals surface area (Å²) in [6.45, 7) is 0. The fourth-order valence-corrected chi connectivity index (χ4v) is 2.57. The van der Waals surface area contributed by atoms with Gasteiger partial charge in [-0.05, 0) is 37.9 Å². The largest absolute Gasteiger partial charge is 0.360 e. The Labute approximate surface area is 98.2 Å². The van der Waals surface area contributed by atoms with Crippen molar-refractivity contribution < 1.29 is 0 Å². The van der Waals surface area contributed by atoms with Crippen molar-refractivity contribution in [1.29, 1.82) is 0 Å². The van der Waals surface area contributed by atoms with Crippen LogP contribution in [0.5, 0.6) is 0 Å². The minimum Gasteiger partial charge on any atom is -0.360 e. The Kier molecular flexibility index (Phi) is 4.24. The first-order chi connectivity index (χ1) is 7.34. The molecule has 0 aromatic heterocycles. The van der Waals surface area contributed by atoms with E-state index in [0.717, 1.165) is 5.11 Å². The number of hydrogen-bond acceptors (Lipinski definition) is 1. The van der Waals surface area contributed by atoms with Crippen molar-refractivity contribution in [1.82, 2.24) is 10.6 Å².